The lowest BCUT2D eigenvalue weighted by Crippen LogP contribution is -2.41. The highest BCUT2D eigenvalue weighted by atomic mass is 16.4. The second kappa shape index (κ2) is 8.54. The zero-order valence-electron chi connectivity index (χ0n) is 17.4. The fourth-order valence-corrected chi connectivity index (χ4v) is 3.52. The second-order valence-electron chi connectivity index (χ2n) is 7.56. The largest absolute Gasteiger partial charge is 0.506 e. The summed E-state index contributed by atoms with van der Waals surface area (Å²) in [5.74, 6) is -4.68. The smallest absolute Gasteiger partial charge is 0.319 e. The summed E-state index contributed by atoms with van der Waals surface area (Å²) >= 11 is 0. The number of aliphatic carboxylic acids is 1. The molecular formula is C24H19N3O6. The number of amides is 2. The number of Topliss-reactive ketones (excluding diaryl/α,β-unsaturated/α-hetero) is 1. The molecule has 0 aliphatic carbocycles. The first-order valence-electron chi connectivity index (χ1n) is 10.0. The number of carbonyl (C=O) groups is 4. The van der Waals surface area contributed by atoms with Gasteiger partial charge in [-0.2, -0.15) is 0 Å². The van der Waals surface area contributed by atoms with Crippen molar-refractivity contribution in [1.29, 1.82) is 0 Å². The summed E-state index contributed by atoms with van der Waals surface area (Å²) in [7, 11) is 0. The average Bonchev–Trinajstić information content (AvgIpc) is 2.79. The highest BCUT2D eigenvalue weighted by molar-refractivity contribution is 6.22. The number of fused-ring (bicyclic) bond motifs is 2. The van der Waals surface area contributed by atoms with Crippen LogP contribution in [0.5, 0.6) is 5.75 Å². The van der Waals surface area contributed by atoms with Crippen molar-refractivity contribution >= 4 is 51.9 Å². The van der Waals surface area contributed by atoms with Crippen LogP contribution < -0.4 is 10.6 Å². The fraction of sp³-hybridized carbons (Fsp3) is 0.125. The number of phenolic OH excluding ortho intramolecular Hbond substituents is 1. The average molecular weight is 445 g/mol. The summed E-state index contributed by atoms with van der Waals surface area (Å²) in [6.45, 7) is 1.47. The molecule has 9 heteroatoms. The zero-order valence-corrected chi connectivity index (χ0v) is 17.4. The van der Waals surface area contributed by atoms with Crippen LogP contribution in [-0.4, -0.2) is 46.0 Å². The molecule has 4 rings (SSSR count). The molecule has 1 heterocycles. The van der Waals surface area contributed by atoms with Crippen molar-refractivity contribution in [3.05, 3.63) is 65.7 Å². The number of carboxylic acids is 1. The molecule has 0 spiro atoms. The molecule has 0 saturated heterocycles. The van der Waals surface area contributed by atoms with E-state index in [2.05, 4.69) is 15.6 Å². The molecule has 1 aliphatic rings. The molecule has 2 amide bonds. The van der Waals surface area contributed by atoms with E-state index in [1.165, 1.54) is 31.2 Å². The van der Waals surface area contributed by atoms with Crippen LogP contribution in [0.2, 0.25) is 0 Å². The number of aliphatic imine (C=N–C) groups is 1. The predicted octanol–water partition coefficient (Wildman–Crippen LogP) is 2.90. The van der Waals surface area contributed by atoms with Crippen molar-refractivity contribution in [2.75, 3.05) is 5.32 Å². The first kappa shape index (κ1) is 21.7. The van der Waals surface area contributed by atoms with Crippen molar-refractivity contribution in [2.45, 2.75) is 13.0 Å². The Labute approximate surface area is 187 Å². The van der Waals surface area contributed by atoms with Gasteiger partial charge in [-0.15, -0.1) is 0 Å². The lowest BCUT2D eigenvalue weighted by Gasteiger charge is -2.17. The minimum Gasteiger partial charge on any atom is -0.506 e. The van der Waals surface area contributed by atoms with E-state index in [9.17, 15) is 24.3 Å². The number of ketones is 1. The molecule has 3 aromatic rings. The molecule has 0 aromatic heterocycles. The number of nitrogens with zero attached hydrogens (tertiary/aromatic N) is 1. The molecular weight excluding hydrogens is 426 g/mol. The third-order valence-electron chi connectivity index (χ3n) is 5.33. The zero-order chi connectivity index (χ0) is 23.7. The van der Waals surface area contributed by atoms with Crippen LogP contribution in [0.3, 0.4) is 0 Å². The van der Waals surface area contributed by atoms with E-state index in [0.29, 0.717) is 11.1 Å². The van der Waals surface area contributed by atoms with Gasteiger partial charge in [-0.1, -0.05) is 30.3 Å². The molecule has 2 atom stereocenters. The van der Waals surface area contributed by atoms with Gasteiger partial charge in [0.2, 0.25) is 5.91 Å². The monoisotopic (exact) mass is 445 g/mol. The lowest BCUT2D eigenvalue weighted by molar-refractivity contribution is -0.137. The van der Waals surface area contributed by atoms with Crippen LogP contribution in [0.15, 0.2) is 59.6 Å². The van der Waals surface area contributed by atoms with E-state index in [1.54, 1.807) is 24.3 Å². The van der Waals surface area contributed by atoms with Crippen molar-refractivity contribution in [3.8, 4) is 5.75 Å². The van der Waals surface area contributed by atoms with Gasteiger partial charge in [0, 0.05) is 22.9 Å². The van der Waals surface area contributed by atoms with Crippen LogP contribution in [-0.2, 0) is 9.59 Å². The van der Waals surface area contributed by atoms with Gasteiger partial charge < -0.3 is 20.8 Å². The van der Waals surface area contributed by atoms with Crippen LogP contribution in [0.25, 0.3) is 10.8 Å². The Morgan fingerprint density at radius 1 is 1.06 bits per heavy atom. The van der Waals surface area contributed by atoms with Crippen molar-refractivity contribution < 1.29 is 29.4 Å². The summed E-state index contributed by atoms with van der Waals surface area (Å²) < 4.78 is 0. The van der Waals surface area contributed by atoms with Crippen molar-refractivity contribution in [2.24, 2.45) is 10.9 Å². The number of anilines is 1. The van der Waals surface area contributed by atoms with E-state index in [-0.39, 0.29) is 22.6 Å². The Hall–Kier alpha value is -4.53. The van der Waals surface area contributed by atoms with Crippen LogP contribution >= 0.6 is 0 Å². The third kappa shape index (κ3) is 4.16. The molecule has 0 bridgehead atoms. The summed E-state index contributed by atoms with van der Waals surface area (Å²) in [6.07, 6.45) is 1.07. The highest BCUT2D eigenvalue weighted by Gasteiger charge is 2.31. The summed E-state index contributed by atoms with van der Waals surface area (Å²) in [4.78, 5) is 52.8. The molecule has 9 nitrogen and oxygen atoms in total. The van der Waals surface area contributed by atoms with Gasteiger partial charge in [0.25, 0.3) is 5.91 Å². The van der Waals surface area contributed by atoms with Crippen LogP contribution in [0.4, 0.5) is 11.4 Å². The normalized spacial score (nSPS) is 15.5. The SMILES string of the molecule is C[C@H](NC(=O)c1ccc2ccccc2c1O)C(=O)Nc1ccc2c(c1)C(=O)C(C(=O)O)C=N2. The fourth-order valence-electron chi connectivity index (χ4n) is 3.52. The molecule has 166 valence electrons. The van der Waals surface area contributed by atoms with E-state index >= 15 is 0 Å². The molecule has 4 N–H and O–H groups in total. The molecule has 0 saturated carbocycles. The van der Waals surface area contributed by atoms with Gasteiger partial charge in [0.15, 0.2) is 11.7 Å². The quantitative estimate of drug-likeness (QED) is 0.444. The Kier molecular flexibility index (Phi) is 5.61. The number of carboxylic acid groups (broad SMARTS) is 1. The first-order valence-corrected chi connectivity index (χ1v) is 10.0. The van der Waals surface area contributed by atoms with Gasteiger partial charge >= 0.3 is 5.97 Å². The second-order valence-corrected chi connectivity index (χ2v) is 7.56. The summed E-state index contributed by atoms with van der Waals surface area (Å²) in [6, 6.07) is 13.6. The van der Waals surface area contributed by atoms with Gasteiger partial charge in [0.1, 0.15) is 11.8 Å². The van der Waals surface area contributed by atoms with E-state index in [1.807, 2.05) is 6.07 Å². The van der Waals surface area contributed by atoms with Gasteiger partial charge in [-0.05, 0) is 36.6 Å². The van der Waals surface area contributed by atoms with E-state index < -0.39 is 35.5 Å². The van der Waals surface area contributed by atoms with Crippen LogP contribution in [0.1, 0.15) is 27.6 Å². The van der Waals surface area contributed by atoms with Crippen molar-refractivity contribution in [1.82, 2.24) is 5.32 Å². The molecule has 0 radical (unpaired) electrons. The number of rotatable bonds is 5. The lowest BCUT2D eigenvalue weighted by atomic mass is 9.94. The predicted molar refractivity (Wildman–Crippen MR) is 121 cm³/mol. The minimum absolute atomic E-state index is 0.0327. The maximum absolute atomic E-state index is 12.6. The Balaban J connectivity index is 1.47. The van der Waals surface area contributed by atoms with Gasteiger partial charge in [-0.25, -0.2) is 0 Å². The molecule has 1 aliphatic heterocycles. The Bertz CT molecular complexity index is 1350. The number of phenols is 1. The van der Waals surface area contributed by atoms with Crippen molar-refractivity contribution in [3.63, 3.8) is 0 Å². The number of aromatic hydroxyl groups is 1. The maximum Gasteiger partial charge on any atom is 0.319 e. The molecule has 1 unspecified atom stereocenters. The number of nitrogens with one attached hydrogen (secondary N) is 2. The third-order valence-corrected chi connectivity index (χ3v) is 5.33. The summed E-state index contributed by atoms with van der Waals surface area (Å²) in [5.41, 5.74) is 0.678. The highest BCUT2D eigenvalue weighted by Crippen LogP contribution is 2.30. The Morgan fingerprint density at radius 2 is 1.82 bits per heavy atom. The Morgan fingerprint density at radius 3 is 2.58 bits per heavy atom. The van der Waals surface area contributed by atoms with E-state index in [4.69, 9.17) is 5.11 Å². The molecule has 0 fully saturated rings. The first-order chi connectivity index (χ1) is 15.8. The topological polar surface area (TPSA) is 145 Å². The van der Waals surface area contributed by atoms with E-state index in [0.717, 1.165) is 11.6 Å². The van der Waals surface area contributed by atoms with Gasteiger partial charge in [-0.3, -0.25) is 24.2 Å². The number of hydrogen-bond donors (Lipinski definition) is 4. The van der Waals surface area contributed by atoms with Crippen LogP contribution in [0, 0.1) is 5.92 Å². The standard InChI is InChI=1S/C24H19N3O6/c1-12(26-23(31)16-8-6-13-4-2-3-5-15(13)20(16)28)22(30)27-14-7-9-19-17(10-14)21(29)18(11-25-19)24(32)33/h2-12,18,28H,1H3,(H,26,31)(H,27,30)(H,32,33)/t12-,18?/m0/s1. The number of benzene rings is 3. The maximum atomic E-state index is 12.6. The van der Waals surface area contributed by atoms with Gasteiger partial charge in [0.05, 0.1) is 11.3 Å². The number of hydrogen-bond acceptors (Lipinski definition) is 6. The number of carbonyl (C=O) groups excluding carboxylic acids is 3. The molecule has 33 heavy (non-hydrogen) atoms. The molecule has 3 aromatic carbocycles. The summed E-state index contributed by atoms with van der Waals surface area (Å²) in [5, 5.41) is 26.0. The minimum atomic E-state index is -1.38.